The Balaban J connectivity index is 1.80. The number of anilines is 1. The number of nitriles is 1. The number of aryl methyl sites for hydroxylation is 1. The fraction of sp³-hybridized carbons (Fsp3) is 0.200. The summed E-state index contributed by atoms with van der Waals surface area (Å²) in [6, 6.07) is 15.3. The highest BCUT2D eigenvalue weighted by Crippen LogP contribution is 2.27. The number of hydrogen-bond acceptors (Lipinski definition) is 5. The van der Waals surface area contributed by atoms with Crippen molar-refractivity contribution in [3.05, 3.63) is 59.2 Å². The SMILES string of the molecule is Cc1cc(N(CCC#N)C(=O)CSc2nncc3ccccc23)ccc1Cl. The Labute approximate surface area is 167 Å². The number of aromatic nitrogens is 2. The summed E-state index contributed by atoms with van der Waals surface area (Å²) in [5.74, 6) is 0.113. The van der Waals surface area contributed by atoms with E-state index in [1.54, 1.807) is 23.2 Å². The summed E-state index contributed by atoms with van der Waals surface area (Å²) in [6.45, 7) is 2.22. The molecule has 0 spiro atoms. The second kappa shape index (κ2) is 8.85. The average Bonchev–Trinajstić information content (AvgIpc) is 2.69. The molecule has 1 heterocycles. The van der Waals surface area contributed by atoms with Crippen molar-refractivity contribution in [1.82, 2.24) is 10.2 Å². The van der Waals surface area contributed by atoms with Crippen LogP contribution in [0.15, 0.2) is 53.7 Å². The van der Waals surface area contributed by atoms with Gasteiger partial charge in [-0.1, -0.05) is 47.6 Å². The Morgan fingerprint density at radius 2 is 2.11 bits per heavy atom. The van der Waals surface area contributed by atoms with Gasteiger partial charge in [-0.25, -0.2) is 0 Å². The molecule has 0 aliphatic heterocycles. The molecule has 0 radical (unpaired) electrons. The van der Waals surface area contributed by atoms with Gasteiger partial charge in [0.05, 0.1) is 24.4 Å². The highest BCUT2D eigenvalue weighted by molar-refractivity contribution is 8.00. The normalized spacial score (nSPS) is 10.6. The summed E-state index contributed by atoms with van der Waals surface area (Å²) in [6.07, 6.45) is 1.96. The van der Waals surface area contributed by atoms with Crippen LogP contribution >= 0.6 is 23.4 Å². The van der Waals surface area contributed by atoms with Crippen LogP contribution in [0.4, 0.5) is 5.69 Å². The minimum Gasteiger partial charge on any atom is -0.311 e. The molecular weight excluding hydrogens is 380 g/mol. The lowest BCUT2D eigenvalue weighted by molar-refractivity contribution is -0.116. The Hall–Kier alpha value is -2.62. The van der Waals surface area contributed by atoms with E-state index in [0.29, 0.717) is 16.6 Å². The van der Waals surface area contributed by atoms with Crippen LogP contribution in [0.3, 0.4) is 0 Å². The molecule has 2 aromatic carbocycles. The fourth-order valence-corrected chi connectivity index (χ4v) is 3.65. The molecule has 7 heteroatoms. The maximum atomic E-state index is 12.9. The molecule has 0 fully saturated rings. The van der Waals surface area contributed by atoms with Crippen molar-refractivity contribution in [3.63, 3.8) is 0 Å². The van der Waals surface area contributed by atoms with Crippen LogP contribution in [-0.4, -0.2) is 28.4 Å². The number of nitrogens with zero attached hydrogens (tertiary/aromatic N) is 4. The molecule has 0 bridgehead atoms. The molecule has 136 valence electrons. The first-order valence-corrected chi connectivity index (χ1v) is 9.73. The van der Waals surface area contributed by atoms with Gasteiger partial charge in [-0.05, 0) is 30.7 Å². The summed E-state index contributed by atoms with van der Waals surface area (Å²) in [5.41, 5.74) is 1.62. The molecule has 0 atom stereocenters. The number of benzene rings is 2. The largest absolute Gasteiger partial charge is 0.311 e. The van der Waals surface area contributed by atoms with Crippen LogP contribution in [0, 0.1) is 18.3 Å². The summed E-state index contributed by atoms with van der Waals surface area (Å²) in [4.78, 5) is 14.5. The second-order valence-corrected chi connectivity index (χ2v) is 7.28. The Morgan fingerprint density at radius 3 is 2.89 bits per heavy atom. The number of amides is 1. The monoisotopic (exact) mass is 396 g/mol. The van der Waals surface area contributed by atoms with E-state index >= 15 is 0 Å². The van der Waals surface area contributed by atoms with Crippen molar-refractivity contribution >= 4 is 45.7 Å². The van der Waals surface area contributed by atoms with Gasteiger partial charge in [-0.2, -0.15) is 10.4 Å². The van der Waals surface area contributed by atoms with Gasteiger partial charge in [0.15, 0.2) is 0 Å². The minimum atomic E-state index is -0.0910. The van der Waals surface area contributed by atoms with E-state index < -0.39 is 0 Å². The van der Waals surface area contributed by atoms with E-state index in [1.165, 1.54) is 11.8 Å². The maximum absolute atomic E-state index is 12.9. The first-order chi connectivity index (χ1) is 13.1. The zero-order valence-corrected chi connectivity index (χ0v) is 16.3. The van der Waals surface area contributed by atoms with Crippen molar-refractivity contribution in [2.24, 2.45) is 0 Å². The molecule has 0 unspecified atom stereocenters. The van der Waals surface area contributed by atoms with Crippen molar-refractivity contribution in [2.45, 2.75) is 18.4 Å². The van der Waals surface area contributed by atoms with E-state index in [9.17, 15) is 4.79 Å². The van der Waals surface area contributed by atoms with Crippen molar-refractivity contribution < 1.29 is 4.79 Å². The molecule has 1 aromatic heterocycles. The van der Waals surface area contributed by atoms with Gasteiger partial charge in [0.2, 0.25) is 5.91 Å². The standard InChI is InChI=1S/C20H17ClN4OS/c1-14-11-16(7-8-18(14)21)25(10-4-9-22)19(26)13-27-20-17-6-3-2-5-15(17)12-23-24-20/h2-3,5-8,11-12H,4,10,13H2,1H3. The third-order valence-corrected chi connectivity index (χ3v) is 5.46. The fourth-order valence-electron chi connectivity index (χ4n) is 2.67. The number of carbonyl (C=O) groups excluding carboxylic acids is 1. The van der Waals surface area contributed by atoms with Gasteiger partial charge in [0.25, 0.3) is 0 Å². The molecule has 0 aliphatic rings. The second-order valence-electron chi connectivity index (χ2n) is 5.91. The maximum Gasteiger partial charge on any atom is 0.237 e. The lowest BCUT2D eigenvalue weighted by Crippen LogP contribution is -2.33. The van der Waals surface area contributed by atoms with Crippen LogP contribution in [0.5, 0.6) is 0 Å². The zero-order valence-electron chi connectivity index (χ0n) is 14.7. The number of halogens is 1. The molecule has 27 heavy (non-hydrogen) atoms. The van der Waals surface area contributed by atoms with E-state index in [2.05, 4.69) is 16.3 Å². The minimum absolute atomic E-state index is 0.0910. The molecule has 1 amide bonds. The number of fused-ring (bicyclic) bond motifs is 1. The predicted molar refractivity (Wildman–Crippen MR) is 109 cm³/mol. The molecule has 3 rings (SSSR count). The van der Waals surface area contributed by atoms with Crippen LogP contribution in [-0.2, 0) is 4.79 Å². The van der Waals surface area contributed by atoms with Crippen LogP contribution < -0.4 is 4.90 Å². The lowest BCUT2D eigenvalue weighted by Gasteiger charge is -2.22. The average molecular weight is 397 g/mol. The summed E-state index contributed by atoms with van der Waals surface area (Å²) >= 11 is 7.44. The first-order valence-electron chi connectivity index (χ1n) is 8.37. The topological polar surface area (TPSA) is 69.9 Å². The number of hydrogen-bond donors (Lipinski definition) is 0. The Kier molecular flexibility index (Phi) is 6.28. The van der Waals surface area contributed by atoms with E-state index in [4.69, 9.17) is 16.9 Å². The zero-order chi connectivity index (χ0) is 19.2. The van der Waals surface area contributed by atoms with Crippen molar-refractivity contribution in [1.29, 1.82) is 5.26 Å². The van der Waals surface area contributed by atoms with Gasteiger partial charge >= 0.3 is 0 Å². The molecule has 0 N–H and O–H groups in total. The Bertz CT molecular complexity index is 1010. The summed E-state index contributed by atoms with van der Waals surface area (Å²) < 4.78 is 0. The summed E-state index contributed by atoms with van der Waals surface area (Å²) in [5, 5.41) is 20.4. The van der Waals surface area contributed by atoms with Gasteiger partial charge in [-0.15, -0.1) is 5.10 Å². The van der Waals surface area contributed by atoms with Gasteiger partial charge < -0.3 is 4.90 Å². The predicted octanol–water partition coefficient (Wildman–Crippen LogP) is 4.63. The summed E-state index contributed by atoms with van der Waals surface area (Å²) in [7, 11) is 0. The van der Waals surface area contributed by atoms with Crippen LogP contribution in [0.1, 0.15) is 12.0 Å². The molecule has 0 saturated heterocycles. The van der Waals surface area contributed by atoms with Gasteiger partial charge in [-0.3, -0.25) is 4.79 Å². The molecule has 5 nitrogen and oxygen atoms in total. The van der Waals surface area contributed by atoms with Crippen LogP contribution in [0.2, 0.25) is 5.02 Å². The van der Waals surface area contributed by atoms with Crippen molar-refractivity contribution in [2.75, 3.05) is 17.2 Å². The van der Waals surface area contributed by atoms with Crippen LogP contribution in [0.25, 0.3) is 10.8 Å². The van der Waals surface area contributed by atoms with E-state index in [-0.39, 0.29) is 18.1 Å². The Morgan fingerprint density at radius 1 is 1.30 bits per heavy atom. The first kappa shape index (κ1) is 19.2. The number of rotatable bonds is 6. The van der Waals surface area contributed by atoms with Crippen molar-refractivity contribution in [3.8, 4) is 6.07 Å². The highest BCUT2D eigenvalue weighted by atomic mass is 35.5. The van der Waals surface area contributed by atoms with Gasteiger partial charge in [0.1, 0.15) is 5.03 Å². The van der Waals surface area contributed by atoms with Gasteiger partial charge in [0, 0.05) is 28.0 Å². The van der Waals surface area contributed by atoms with E-state index in [0.717, 1.165) is 22.0 Å². The highest BCUT2D eigenvalue weighted by Gasteiger charge is 2.17. The number of carbonyl (C=O) groups is 1. The molecular formula is C20H17ClN4OS. The smallest absolute Gasteiger partial charge is 0.237 e. The third-order valence-electron chi connectivity index (χ3n) is 4.07. The quantitative estimate of drug-likeness (QED) is 0.568. The third kappa shape index (κ3) is 4.57. The molecule has 3 aromatic rings. The van der Waals surface area contributed by atoms with E-state index in [1.807, 2.05) is 37.3 Å². The molecule has 0 saturated carbocycles. The number of thioether (sulfide) groups is 1. The lowest BCUT2D eigenvalue weighted by atomic mass is 10.2. The molecule has 0 aliphatic carbocycles.